The fourth-order valence-electron chi connectivity index (χ4n) is 5.33. The Morgan fingerprint density at radius 1 is 0.673 bits per heavy atom. The SMILES string of the molecule is C=C(C)C(=O)OC(COCC(CC)CCCC)COc1ccc2c(C)c(OCC(COCC(CC)CCCC)OC(=O)C(=C)C)ccc2c1. The van der Waals surface area contributed by atoms with E-state index in [2.05, 4.69) is 40.9 Å². The lowest BCUT2D eigenvalue weighted by Crippen LogP contribution is -2.31. The topological polar surface area (TPSA) is 89.5 Å². The predicted octanol–water partition coefficient (Wildman–Crippen LogP) is 9.35. The third kappa shape index (κ3) is 15.4. The molecule has 0 saturated carbocycles. The highest BCUT2D eigenvalue weighted by atomic mass is 16.6. The minimum Gasteiger partial charge on any atom is -0.490 e. The molecule has 0 amide bonds. The first-order valence-electron chi connectivity index (χ1n) is 18.2. The number of unbranched alkanes of at least 4 members (excludes halogenated alkanes) is 2. The van der Waals surface area contributed by atoms with Crippen LogP contribution in [0.2, 0.25) is 0 Å². The number of hydrogen-bond donors (Lipinski definition) is 0. The van der Waals surface area contributed by atoms with Crippen LogP contribution in [0.5, 0.6) is 11.5 Å². The van der Waals surface area contributed by atoms with E-state index in [-0.39, 0.29) is 26.4 Å². The Hall–Kier alpha value is -3.36. The highest BCUT2D eigenvalue weighted by Gasteiger charge is 2.20. The zero-order valence-corrected chi connectivity index (χ0v) is 31.3. The average molecular weight is 683 g/mol. The molecule has 0 aliphatic heterocycles. The number of carbonyl (C=O) groups excluding carboxylic acids is 2. The highest BCUT2D eigenvalue weighted by Crippen LogP contribution is 2.30. The summed E-state index contributed by atoms with van der Waals surface area (Å²) in [6.07, 6.45) is 7.87. The largest absolute Gasteiger partial charge is 0.490 e. The van der Waals surface area contributed by atoms with Gasteiger partial charge in [-0.05, 0) is 80.0 Å². The molecule has 0 aliphatic carbocycles. The van der Waals surface area contributed by atoms with E-state index in [4.69, 9.17) is 28.4 Å². The average Bonchev–Trinajstić information content (AvgIpc) is 3.09. The number of esters is 2. The van der Waals surface area contributed by atoms with Crippen LogP contribution in [0.4, 0.5) is 0 Å². The van der Waals surface area contributed by atoms with Gasteiger partial charge in [-0.2, -0.15) is 0 Å². The van der Waals surface area contributed by atoms with E-state index in [1.54, 1.807) is 13.8 Å². The van der Waals surface area contributed by atoms with Gasteiger partial charge in [0.15, 0.2) is 12.2 Å². The summed E-state index contributed by atoms with van der Waals surface area (Å²) in [6.45, 7) is 23.5. The first-order valence-corrected chi connectivity index (χ1v) is 18.2. The Kier molecular flexibility index (Phi) is 19.7. The molecule has 0 aromatic heterocycles. The highest BCUT2D eigenvalue weighted by molar-refractivity contribution is 5.89. The number of fused-ring (bicyclic) bond motifs is 1. The minimum atomic E-state index is -0.571. The van der Waals surface area contributed by atoms with Crippen LogP contribution in [-0.4, -0.2) is 63.8 Å². The molecular weight excluding hydrogens is 620 g/mol. The molecule has 4 atom stereocenters. The predicted molar refractivity (Wildman–Crippen MR) is 197 cm³/mol. The van der Waals surface area contributed by atoms with E-state index in [9.17, 15) is 9.59 Å². The van der Waals surface area contributed by atoms with Crippen LogP contribution in [0.25, 0.3) is 10.8 Å². The van der Waals surface area contributed by atoms with Gasteiger partial charge >= 0.3 is 11.9 Å². The summed E-state index contributed by atoms with van der Waals surface area (Å²) >= 11 is 0. The number of ether oxygens (including phenoxy) is 6. The molecule has 0 saturated heterocycles. The van der Waals surface area contributed by atoms with Gasteiger partial charge in [0.2, 0.25) is 0 Å². The van der Waals surface area contributed by atoms with Gasteiger partial charge in [0.1, 0.15) is 24.7 Å². The van der Waals surface area contributed by atoms with E-state index in [0.717, 1.165) is 54.9 Å². The van der Waals surface area contributed by atoms with Crippen molar-refractivity contribution in [1.29, 1.82) is 0 Å². The van der Waals surface area contributed by atoms with E-state index in [1.165, 1.54) is 12.8 Å². The molecule has 0 radical (unpaired) electrons. The van der Waals surface area contributed by atoms with Crippen molar-refractivity contribution in [1.82, 2.24) is 0 Å². The normalized spacial score (nSPS) is 13.7. The first-order chi connectivity index (χ1) is 23.5. The quantitative estimate of drug-likeness (QED) is 0.0717. The molecule has 274 valence electrons. The van der Waals surface area contributed by atoms with Gasteiger partial charge in [-0.15, -0.1) is 0 Å². The maximum absolute atomic E-state index is 12.4. The fourth-order valence-corrected chi connectivity index (χ4v) is 5.33. The summed E-state index contributed by atoms with van der Waals surface area (Å²) in [5.41, 5.74) is 1.62. The van der Waals surface area contributed by atoms with Crippen molar-refractivity contribution in [2.75, 3.05) is 39.6 Å². The smallest absolute Gasteiger partial charge is 0.333 e. The number of benzene rings is 2. The molecule has 2 rings (SSSR count). The Balaban J connectivity index is 2.07. The van der Waals surface area contributed by atoms with Gasteiger partial charge in [0.05, 0.1) is 13.2 Å². The molecule has 0 bridgehead atoms. The van der Waals surface area contributed by atoms with Crippen molar-refractivity contribution in [2.24, 2.45) is 11.8 Å². The van der Waals surface area contributed by atoms with Gasteiger partial charge in [-0.25, -0.2) is 9.59 Å². The molecule has 0 N–H and O–H groups in total. The number of aryl methyl sites for hydroxylation is 1. The maximum atomic E-state index is 12.4. The molecule has 2 aromatic rings. The van der Waals surface area contributed by atoms with Gasteiger partial charge < -0.3 is 28.4 Å². The number of hydrogen-bond acceptors (Lipinski definition) is 8. The molecule has 0 spiro atoms. The lowest BCUT2D eigenvalue weighted by atomic mass is 10.0. The van der Waals surface area contributed by atoms with Crippen LogP contribution in [-0.2, 0) is 28.5 Å². The number of rotatable bonds is 26. The molecule has 2 aromatic carbocycles. The van der Waals surface area contributed by atoms with Crippen LogP contribution in [0.15, 0.2) is 54.6 Å². The summed E-state index contributed by atoms with van der Waals surface area (Å²) in [4.78, 5) is 24.7. The Labute approximate surface area is 295 Å². The molecule has 49 heavy (non-hydrogen) atoms. The monoisotopic (exact) mass is 682 g/mol. The van der Waals surface area contributed by atoms with Crippen LogP contribution in [0.1, 0.15) is 98.5 Å². The first kappa shape index (κ1) is 41.8. The zero-order chi connectivity index (χ0) is 36.2. The fraction of sp³-hybridized carbons (Fsp3) is 0.610. The van der Waals surface area contributed by atoms with Crippen LogP contribution >= 0.6 is 0 Å². The van der Waals surface area contributed by atoms with E-state index in [0.29, 0.717) is 47.7 Å². The van der Waals surface area contributed by atoms with Gasteiger partial charge in [0.25, 0.3) is 0 Å². The number of carbonyl (C=O) groups is 2. The molecule has 0 heterocycles. The maximum Gasteiger partial charge on any atom is 0.333 e. The van der Waals surface area contributed by atoms with Crippen LogP contribution < -0.4 is 9.47 Å². The Bertz CT molecular complexity index is 1320. The second-order valence-electron chi connectivity index (χ2n) is 13.2. The van der Waals surface area contributed by atoms with Crippen molar-refractivity contribution >= 4 is 22.7 Å². The van der Waals surface area contributed by atoms with E-state index < -0.39 is 24.1 Å². The second kappa shape index (κ2) is 23.1. The Morgan fingerprint density at radius 2 is 1.18 bits per heavy atom. The van der Waals surface area contributed by atoms with E-state index in [1.807, 2.05) is 37.3 Å². The molecule has 4 unspecified atom stereocenters. The zero-order valence-electron chi connectivity index (χ0n) is 31.3. The van der Waals surface area contributed by atoms with Crippen molar-refractivity contribution < 1.29 is 38.0 Å². The summed E-state index contributed by atoms with van der Waals surface area (Å²) in [7, 11) is 0. The van der Waals surface area contributed by atoms with Gasteiger partial charge in [0, 0.05) is 24.4 Å². The molecule has 0 fully saturated rings. The lowest BCUT2D eigenvalue weighted by molar-refractivity contribution is -0.150. The van der Waals surface area contributed by atoms with Gasteiger partial charge in [-0.1, -0.05) is 91.5 Å². The third-order valence-corrected chi connectivity index (χ3v) is 8.72. The third-order valence-electron chi connectivity index (χ3n) is 8.72. The van der Waals surface area contributed by atoms with Crippen LogP contribution in [0.3, 0.4) is 0 Å². The molecule has 0 aliphatic rings. The van der Waals surface area contributed by atoms with E-state index >= 15 is 0 Å². The Morgan fingerprint density at radius 3 is 1.65 bits per heavy atom. The van der Waals surface area contributed by atoms with Gasteiger partial charge in [-0.3, -0.25) is 0 Å². The summed E-state index contributed by atoms with van der Waals surface area (Å²) in [6, 6.07) is 9.71. The molecule has 8 nitrogen and oxygen atoms in total. The summed E-state index contributed by atoms with van der Waals surface area (Å²) in [5.74, 6) is 1.39. The lowest BCUT2D eigenvalue weighted by Gasteiger charge is -2.22. The summed E-state index contributed by atoms with van der Waals surface area (Å²) in [5, 5.41) is 1.98. The van der Waals surface area contributed by atoms with Crippen molar-refractivity contribution in [3.05, 3.63) is 60.2 Å². The van der Waals surface area contributed by atoms with Crippen molar-refractivity contribution in [2.45, 2.75) is 112 Å². The summed E-state index contributed by atoms with van der Waals surface area (Å²) < 4.78 is 35.6. The molecular formula is C41H62O8. The van der Waals surface area contributed by atoms with Crippen molar-refractivity contribution in [3.8, 4) is 11.5 Å². The molecule has 8 heteroatoms. The second-order valence-corrected chi connectivity index (χ2v) is 13.2. The van der Waals surface area contributed by atoms with Crippen LogP contribution in [0, 0.1) is 18.8 Å². The van der Waals surface area contributed by atoms with Crippen molar-refractivity contribution in [3.63, 3.8) is 0 Å². The minimum absolute atomic E-state index is 0.153. The standard InChI is InChI=1S/C41H62O8/c1-10-14-16-32(12-3)23-44-25-36(48-40(42)29(5)6)27-46-35-19-20-38-31(9)39(21-18-34(38)22-35)47-28-37(49-41(43)30(7)8)26-45-24-33(13-4)17-15-11-2/h18-22,32-33,36-37H,5,7,10-17,23-28H2,1-4,6,8-9H3.